The number of rotatable bonds is 5. The van der Waals surface area contributed by atoms with E-state index >= 15 is 0 Å². The zero-order valence-electron chi connectivity index (χ0n) is 11.1. The Bertz CT molecular complexity index is 520. The van der Waals surface area contributed by atoms with Crippen LogP contribution in [0.2, 0.25) is 0 Å². The molecule has 1 aromatic carbocycles. The van der Waals surface area contributed by atoms with Gasteiger partial charge in [0.05, 0.1) is 12.3 Å². The molecule has 0 amide bonds. The van der Waals surface area contributed by atoms with Gasteiger partial charge in [-0.2, -0.15) is 0 Å². The van der Waals surface area contributed by atoms with Gasteiger partial charge >= 0.3 is 0 Å². The second-order valence-corrected chi connectivity index (χ2v) is 4.33. The number of nitrogens with one attached hydrogen (secondary N) is 1. The molecule has 0 unspecified atom stereocenters. The SMILES string of the molecule is COCCNc1nccn1-c1cc(C)ccc1C. The number of methoxy groups -OCH3 is 1. The van der Waals surface area contributed by atoms with Crippen molar-refractivity contribution < 1.29 is 4.74 Å². The van der Waals surface area contributed by atoms with E-state index in [0.717, 1.165) is 18.2 Å². The Morgan fingerprint density at radius 3 is 2.94 bits per heavy atom. The Morgan fingerprint density at radius 2 is 2.17 bits per heavy atom. The van der Waals surface area contributed by atoms with Crippen molar-refractivity contribution in [2.75, 3.05) is 25.6 Å². The summed E-state index contributed by atoms with van der Waals surface area (Å²) >= 11 is 0. The van der Waals surface area contributed by atoms with Crippen LogP contribution in [0.3, 0.4) is 0 Å². The predicted octanol–water partition coefficient (Wildman–Crippen LogP) is 2.55. The number of aromatic nitrogens is 2. The average Bonchev–Trinajstić information content (AvgIpc) is 2.81. The molecule has 0 spiro atoms. The van der Waals surface area contributed by atoms with Gasteiger partial charge in [-0.3, -0.25) is 4.57 Å². The molecule has 0 atom stereocenters. The Kier molecular flexibility index (Phi) is 3.99. The molecule has 0 saturated carbocycles. The van der Waals surface area contributed by atoms with Gasteiger partial charge in [0.1, 0.15) is 0 Å². The number of ether oxygens (including phenoxy) is 1. The Morgan fingerprint density at radius 1 is 1.33 bits per heavy atom. The summed E-state index contributed by atoms with van der Waals surface area (Å²) in [7, 11) is 1.69. The van der Waals surface area contributed by atoms with E-state index in [4.69, 9.17) is 4.74 Å². The highest BCUT2D eigenvalue weighted by Crippen LogP contribution is 2.19. The molecule has 0 radical (unpaired) electrons. The first-order chi connectivity index (χ1) is 8.72. The van der Waals surface area contributed by atoms with Crippen molar-refractivity contribution in [2.24, 2.45) is 0 Å². The van der Waals surface area contributed by atoms with Crippen LogP contribution in [0.5, 0.6) is 0 Å². The Hall–Kier alpha value is -1.81. The fraction of sp³-hybridized carbons (Fsp3) is 0.357. The maximum atomic E-state index is 5.03. The van der Waals surface area contributed by atoms with Gasteiger partial charge in [0, 0.05) is 26.0 Å². The summed E-state index contributed by atoms with van der Waals surface area (Å²) in [6, 6.07) is 6.41. The smallest absolute Gasteiger partial charge is 0.207 e. The van der Waals surface area contributed by atoms with Crippen molar-refractivity contribution in [2.45, 2.75) is 13.8 Å². The number of benzene rings is 1. The van der Waals surface area contributed by atoms with Crippen LogP contribution in [0.1, 0.15) is 11.1 Å². The fourth-order valence-corrected chi connectivity index (χ4v) is 1.87. The molecule has 1 aromatic heterocycles. The van der Waals surface area contributed by atoms with Gasteiger partial charge in [0.25, 0.3) is 0 Å². The van der Waals surface area contributed by atoms with Crippen LogP contribution in [0, 0.1) is 13.8 Å². The van der Waals surface area contributed by atoms with Crippen LogP contribution in [-0.4, -0.2) is 29.8 Å². The lowest BCUT2D eigenvalue weighted by Crippen LogP contribution is -2.12. The Balaban J connectivity index is 2.27. The van der Waals surface area contributed by atoms with Crippen molar-refractivity contribution in [3.05, 3.63) is 41.7 Å². The summed E-state index contributed by atoms with van der Waals surface area (Å²) in [6.07, 6.45) is 3.77. The number of nitrogens with zero attached hydrogens (tertiary/aromatic N) is 2. The summed E-state index contributed by atoms with van der Waals surface area (Å²) in [5.41, 5.74) is 3.63. The maximum absolute atomic E-state index is 5.03. The lowest BCUT2D eigenvalue weighted by Gasteiger charge is -2.12. The molecule has 0 saturated heterocycles. The molecular formula is C14H19N3O. The van der Waals surface area contributed by atoms with E-state index in [2.05, 4.69) is 46.9 Å². The van der Waals surface area contributed by atoms with E-state index in [9.17, 15) is 0 Å². The quantitative estimate of drug-likeness (QED) is 0.823. The number of hydrogen-bond donors (Lipinski definition) is 1. The standard InChI is InChI=1S/C14H19N3O/c1-11-4-5-12(2)13(10-11)17-8-6-15-14(17)16-7-9-18-3/h4-6,8,10H,7,9H2,1-3H3,(H,15,16). The van der Waals surface area contributed by atoms with E-state index in [-0.39, 0.29) is 0 Å². The molecule has 0 aliphatic carbocycles. The zero-order chi connectivity index (χ0) is 13.0. The highest BCUT2D eigenvalue weighted by molar-refractivity contribution is 5.48. The van der Waals surface area contributed by atoms with Gasteiger partial charge in [-0.1, -0.05) is 12.1 Å². The van der Waals surface area contributed by atoms with Gasteiger partial charge in [0.15, 0.2) is 0 Å². The number of aryl methyl sites for hydroxylation is 2. The van der Waals surface area contributed by atoms with Crippen molar-refractivity contribution in [3.63, 3.8) is 0 Å². The van der Waals surface area contributed by atoms with Gasteiger partial charge in [0.2, 0.25) is 5.95 Å². The van der Waals surface area contributed by atoms with Crippen LogP contribution >= 0.6 is 0 Å². The van der Waals surface area contributed by atoms with E-state index in [1.54, 1.807) is 13.3 Å². The highest BCUT2D eigenvalue weighted by atomic mass is 16.5. The summed E-state index contributed by atoms with van der Waals surface area (Å²) < 4.78 is 7.10. The summed E-state index contributed by atoms with van der Waals surface area (Å²) in [6.45, 7) is 5.61. The molecule has 4 nitrogen and oxygen atoms in total. The van der Waals surface area contributed by atoms with Gasteiger partial charge < -0.3 is 10.1 Å². The van der Waals surface area contributed by atoms with E-state index in [1.807, 2.05) is 6.20 Å². The molecule has 0 aliphatic heterocycles. The van der Waals surface area contributed by atoms with Crippen LogP contribution < -0.4 is 5.32 Å². The van der Waals surface area contributed by atoms with Crippen LogP contribution in [0.15, 0.2) is 30.6 Å². The topological polar surface area (TPSA) is 39.1 Å². The second kappa shape index (κ2) is 5.69. The lowest BCUT2D eigenvalue weighted by atomic mass is 10.1. The molecule has 0 aliphatic rings. The maximum Gasteiger partial charge on any atom is 0.207 e. The normalized spacial score (nSPS) is 10.6. The van der Waals surface area contributed by atoms with E-state index < -0.39 is 0 Å². The minimum absolute atomic E-state index is 0.666. The van der Waals surface area contributed by atoms with E-state index in [0.29, 0.717) is 6.61 Å². The van der Waals surface area contributed by atoms with Crippen molar-refractivity contribution in [3.8, 4) is 5.69 Å². The summed E-state index contributed by atoms with van der Waals surface area (Å²) in [4.78, 5) is 4.33. The van der Waals surface area contributed by atoms with Crippen LogP contribution in [0.4, 0.5) is 5.95 Å². The predicted molar refractivity (Wildman–Crippen MR) is 73.4 cm³/mol. The average molecular weight is 245 g/mol. The monoisotopic (exact) mass is 245 g/mol. The Labute approximate surface area is 108 Å². The zero-order valence-corrected chi connectivity index (χ0v) is 11.1. The fourth-order valence-electron chi connectivity index (χ4n) is 1.87. The first-order valence-electron chi connectivity index (χ1n) is 6.06. The first kappa shape index (κ1) is 12.6. The molecule has 1 N–H and O–H groups in total. The largest absolute Gasteiger partial charge is 0.383 e. The number of anilines is 1. The van der Waals surface area contributed by atoms with Gasteiger partial charge in [-0.15, -0.1) is 0 Å². The van der Waals surface area contributed by atoms with Crippen LogP contribution in [0.25, 0.3) is 5.69 Å². The number of hydrogen-bond acceptors (Lipinski definition) is 3. The molecule has 4 heteroatoms. The summed E-state index contributed by atoms with van der Waals surface area (Å²) in [5, 5.41) is 3.27. The minimum atomic E-state index is 0.666. The second-order valence-electron chi connectivity index (χ2n) is 4.33. The molecule has 2 rings (SSSR count). The van der Waals surface area contributed by atoms with Crippen molar-refractivity contribution >= 4 is 5.95 Å². The molecule has 0 bridgehead atoms. The third-order valence-electron chi connectivity index (χ3n) is 2.85. The molecule has 0 fully saturated rings. The summed E-state index contributed by atoms with van der Waals surface area (Å²) in [5.74, 6) is 0.848. The lowest BCUT2D eigenvalue weighted by molar-refractivity contribution is 0.210. The third kappa shape index (κ3) is 2.71. The van der Waals surface area contributed by atoms with Crippen LogP contribution in [-0.2, 0) is 4.74 Å². The third-order valence-corrected chi connectivity index (χ3v) is 2.85. The van der Waals surface area contributed by atoms with Crippen molar-refractivity contribution in [1.82, 2.24) is 9.55 Å². The molecule has 1 heterocycles. The molecule has 96 valence electrons. The van der Waals surface area contributed by atoms with E-state index in [1.165, 1.54) is 11.1 Å². The first-order valence-corrected chi connectivity index (χ1v) is 6.06. The number of imidazole rings is 1. The molecular weight excluding hydrogens is 226 g/mol. The van der Waals surface area contributed by atoms with Gasteiger partial charge in [-0.05, 0) is 31.0 Å². The molecule has 2 aromatic rings. The van der Waals surface area contributed by atoms with Crippen molar-refractivity contribution in [1.29, 1.82) is 0 Å². The highest BCUT2D eigenvalue weighted by Gasteiger charge is 2.06. The molecule has 18 heavy (non-hydrogen) atoms. The minimum Gasteiger partial charge on any atom is -0.383 e. The van der Waals surface area contributed by atoms with Gasteiger partial charge in [-0.25, -0.2) is 4.98 Å².